The van der Waals surface area contributed by atoms with Crippen LogP contribution in [0.4, 0.5) is 0 Å². The SMILES string of the molecule is CCS.O=C(Oc1ccccc1)c1cc2ccccc2cc1O. The van der Waals surface area contributed by atoms with Gasteiger partial charge in [-0.1, -0.05) is 49.4 Å². The van der Waals surface area contributed by atoms with E-state index < -0.39 is 5.97 Å². The highest BCUT2D eigenvalue weighted by Crippen LogP contribution is 2.26. The number of fused-ring (bicyclic) bond motifs is 1. The Balaban J connectivity index is 0.000000595. The van der Waals surface area contributed by atoms with Gasteiger partial charge < -0.3 is 9.84 Å². The predicted molar refractivity (Wildman–Crippen MR) is 96.5 cm³/mol. The molecule has 23 heavy (non-hydrogen) atoms. The van der Waals surface area contributed by atoms with Gasteiger partial charge in [0, 0.05) is 0 Å². The van der Waals surface area contributed by atoms with E-state index in [1.54, 1.807) is 36.4 Å². The van der Waals surface area contributed by atoms with E-state index in [0.29, 0.717) is 5.75 Å². The topological polar surface area (TPSA) is 46.5 Å². The molecule has 3 aromatic rings. The van der Waals surface area contributed by atoms with Crippen molar-refractivity contribution in [2.45, 2.75) is 6.92 Å². The highest BCUT2D eigenvalue weighted by atomic mass is 32.1. The third-order valence-corrected chi connectivity index (χ3v) is 3.04. The highest BCUT2D eigenvalue weighted by molar-refractivity contribution is 7.80. The van der Waals surface area contributed by atoms with Crippen molar-refractivity contribution in [1.29, 1.82) is 0 Å². The first-order chi connectivity index (χ1) is 11.2. The van der Waals surface area contributed by atoms with Crippen molar-refractivity contribution in [3.8, 4) is 11.5 Å². The van der Waals surface area contributed by atoms with Crippen molar-refractivity contribution in [1.82, 2.24) is 0 Å². The van der Waals surface area contributed by atoms with E-state index in [2.05, 4.69) is 12.6 Å². The van der Waals surface area contributed by atoms with Gasteiger partial charge in [0.25, 0.3) is 0 Å². The zero-order valence-electron chi connectivity index (χ0n) is 12.8. The second kappa shape index (κ2) is 8.25. The van der Waals surface area contributed by atoms with Crippen LogP contribution in [-0.4, -0.2) is 16.8 Å². The van der Waals surface area contributed by atoms with Crippen molar-refractivity contribution >= 4 is 29.4 Å². The fraction of sp³-hybridized carbons (Fsp3) is 0.105. The maximum atomic E-state index is 12.1. The maximum absolute atomic E-state index is 12.1. The van der Waals surface area contributed by atoms with Crippen LogP contribution in [0, 0.1) is 0 Å². The second-order valence-corrected chi connectivity index (χ2v) is 5.37. The predicted octanol–water partition coefficient (Wildman–Crippen LogP) is 4.70. The molecule has 0 bridgehead atoms. The zero-order valence-corrected chi connectivity index (χ0v) is 13.7. The van der Waals surface area contributed by atoms with E-state index in [0.717, 1.165) is 16.5 Å². The summed E-state index contributed by atoms with van der Waals surface area (Å²) in [6.45, 7) is 1.99. The van der Waals surface area contributed by atoms with Crippen LogP contribution in [0.1, 0.15) is 17.3 Å². The molecule has 0 fully saturated rings. The number of hydrogen-bond acceptors (Lipinski definition) is 4. The van der Waals surface area contributed by atoms with E-state index in [4.69, 9.17) is 4.74 Å². The molecule has 0 aliphatic heterocycles. The van der Waals surface area contributed by atoms with Gasteiger partial charge in [0.1, 0.15) is 17.1 Å². The molecule has 4 heteroatoms. The minimum absolute atomic E-state index is 0.0790. The Hall–Kier alpha value is -2.46. The molecule has 0 heterocycles. The summed E-state index contributed by atoms with van der Waals surface area (Å²) in [4.78, 5) is 12.1. The Morgan fingerprint density at radius 2 is 1.52 bits per heavy atom. The highest BCUT2D eigenvalue weighted by Gasteiger charge is 2.14. The average Bonchev–Trinajstić information content (AvgIpc) is 2.56. The van der Waals surface area contributed by atoms with Crippen LogP contribution in [0.25, 0.3) is 10.8 Å². The first kappa shape index (κ1) is 16.9. The van der Waals surface area contributed by atoms with Gasteiger partial charge in [-0.05, 0) is 40.8 Å². The summed E-state index contributed by atoms with van der Waals surface area (Å²) >= 11 is 3.79. The molecule has 0 aliphatic rings. The minimum atomic E-state index is -0.570. The lowest BCUT2D eigenvalue weighted by Gasteiger charge is -2.07. The lowest BCUT2D eigenvalue weighted by molar-refractivity contribution is 0.0732. The number of carbonyl (C=O) groups excluding carboxylic acids is 1. The second-order valence-electron chi connectivity index (χ2n) is 4.74. The Labute approximate surface area is 140 Å². The van der Waals surface area contributed by atoms with Gasteiger partial charge in [-0.2, -0.15) is 12.6 Å². The van der Waals surface area contributed by atoms with Gasteiger partial charge in [0.05, 0.1) is 0 Å². The largest absolute Gasteiger partial charge is 0.507 e. The van der Waals surface area contributed by atoms with Crippen LogP contribution in [-0.2, 0) is 0 Å². The molecule has 0 saturated heterocycles. The Kier molecular flexibility index (Phi) is 6.06. The summed E-state index contributed by atoms with van der Waals surface area (Å²) in [6.07, 6.45) is 0. The van der Waals surface area contributed by atoms with Gasteiger partial charge in [0.15, 0.2) is 0 Å². The number of phenolic OH excluding ortho intramolecular Hbond substituents is 1. The lowest BCUT2D eigenvalue weighted by atomic mass is 10.1. The molecule has 1 N–H and O–H groups in total. The summed E-state index contributed by atoms with van der Waals surface area (Å²) in [6, 6.07) is 19.5. The van der Waals surface area contributed by atoms with E-state index in [9.17, 15) is 9.90 Å². The molecule has 0 spiro atoms. The molecule has 0 atom stereocenters. The van der Waals surface area contributed by atoms with Crippen molar-refractivity contribution in [3.05, 3.63) is 72.3 Å². The Morgan fingerprint density at radius 3 is 2.13 bits per heavy atom. The molecule has 3 nitrogen and oxygen atoms in total. The van der Waals surface area contributed by atoms with Gasteiger partial charge >= 0.3 is 5.97 Å². The molecule has 0 saturated carbocycles. The molecule has 0 aliphatic carbocycles. The molecule has 0 radical (unpaired) electrons. The first-order valence-electron chi connectivity index (χ1n) is 7.25. The van der Waals surface area contributed by atoms with Crippen molar-refractivity contribution in [3.63, 3.8) is 0 Å². The third-order valence-electron chi connectivity index (χ3n) is 3.04. The molecule has 0 amide bonds. The standard InChI is InChI=1S/C17H12O3.C2H6S/c18-16-11-13-7-5-4-6-12(13)10-15(16)17(19)20-14-8-2-1-3-9-14;1-2-3/h1-11,18H;3H,2H2,1H3. The van der Waals surface area contributed by atoms with Crippen LogP contribution in [0.3, 0.4) is 0 Å². The smallest absolute Gasteiger partial charge is 0.347 e. The number of ether oxygens (including phenoxy) is 1. The van der Waals surface area contributed by atoms with Crippen LogP contribution >= 0.6 is 12.6 Å². The molecule has 0 aromatic heterocycles. The van der Waals surface area contributed by atoms with Crippen molar-refractivity contribution in [2.75, 3.05) is 5.75 Å². The van der Waals surface area contributed by atoms with Gasteiger partial charge in [-0.3, -0.25) is 0 Å². The van der Waals surface area contributed by atoms with Crippen molar-refractivity contribution < 1.29 is 14.6 Å². The van der Waals surface area contributed by atoms with Crippen molar-refractivity contribution in [2.24, 2.45) is 0 Å². The number of thiol groups is 1. The molecule has 118 valence electrons. The maximum Gasteiger partial charge on any atom is 0.347 e. The molecule has 3 rings (SSSR count). The third kappa shape index (κ3) is 4.50. The fourth-order valence-corrected chi connectivity index (χ4v) is 2.04. The number of carbonyl (C=O) groups is 1. The molecular formula is C19H18O3S. The van der Waals surface area contributed by atoms with E-state index in [-0.39, 0.29) is 11.3 Å². The summed E-state index contributed by atoms with van der Waals surface area (Å²) in [5.74, 6) is 0.745. The molecule has 0 unspecified atom stereocenters. The van der Waals surface area contributed by atoms with Crippen LogP contribution < -0.4 is 4.74 Å². The van der Waals surface area contributed by atoms with Gasteiger partial charge in [-0.25, -0.2) is 4.79 Å². The molecule has 3 aromatic carbocycles. The molecular weight excluding hydrogens is 308 g/mol. The quantitative estimate of drug-likeness (QED) is 0.407. The first-order valence-corrected chi connectivity index (χ1v) is 7.88. The number of rotatable bonds is 2. The zero-order chi connectivity index (χ0) is 16.7. The Morgan fingerprint density at radius 1 is 1.00 bits per heavy atom. The van der Waals surface area contributed by atoms with E-state index in [1.807, 2.05) is 37.3 Å². The summed E-state index contributed by atoms with van der Waals surface area (Å²) in [7, 11) is 0. The monoisotopic (exact) mass is 326 g/mol. The Bertz CT molecular complexity index is 785. The number of aromatic hydroxyl groups is 1. The van der Waals surface area contributed by atoms with Crippen LogP contribution in [0.15, 0.2) is 66.7 Å². The van der Waals surface area contributed by atoms with Gasteiger partial charge in [-0.15, -0.1) is 0 Å². The number of esters is 1. The van der Waals surface area contributed by atoms with E-state index >= 15 is 0 Å². The summed E-state index contributed by atoms with van der Waals surface area (Å²) in [5, 5.41) is 11.7. The van der Waals surface area contributed by atoms with Crippen LogP contribution in [0.2, 0.25) is 0 Å². The number of hydrogen-bond donors (Lipinski definition) is 2. The van der Waals surface area contributed by atoms with Gasteiger partial charge in [0.2, 0.25) is 0 Å². The number of phenols is 1. The van der Waals surface area contributed by atoms with Crippen LogP contribution in [0.5, 0.6) is 11.5 Å². The van der Waals surface area contributed by atoms with E-state index in [1.165, 1.54) is 0 Å². The average molecular weight is 326 g/mol. The normalized spacial score (nSPS) is 9.83. The lowest BCUT2D eigenvalue weighted by Crippen LogP contribution is -2.08. The fourth-order valence-electron chi connectivity index (χ4n) is 2.04. The summed E-state index contributed by atoms with van der Waals surface area (Å²) in [5.41, 5.74) is 0.160. The minimum Gasteiger partial charge on any atom is -0.507 e. The number of para-hydroxylation sites is 1. The number of benzene rings is 3. The summed E-state index contributed by atoms with van der Waals surface area (Å²) < 4.78 is 5.23.